The lowest BCUT2D eigenvalue weighted by Crippen LogP contribution is -1.77. The molecule has 0 aromatic carbocycles. The van der Waals surface area contributed by atoms with E-state index < -0.39 is 0 Å². The van der Waals surface area contributed by atoms with Gasteiger partial charge >= 0.3 is 0 Å². The first kappa shape index (κ1) is 11.2. The van der Waals surface area contributed by atoms with Crippen LogP contribution in [0.5, 0.6) is 0 Å². The number of carbonyl (C=O) groups is 1. The average Bonchev–Trinajstić information content (AvgIpc) is 2.02. The zero-order chi connectivity index (χ0) is 9.23. The van der Waals surface area contributed by atoms with Crippen molar-refractivity contribution >= 4 is 5.78 Å². The lowest BCUT2D eigenvalue weighted by atomic mass is 10.2. The highest BCUT2D eigenvalue weighted by molar-refractivity contribution is 5.87. The largest absolute Gasteiger partial charge is 0.295 e. The number of carbonyl (C=O) groups excluding carboxylic acids is 1. The second-order valence-electron chi connectivity index (χ2n) is 2.89. The standard InChI is InChI=1S/C11H18O/c1-3-4-5-6-7-8-9-10-11(2)12/h7-10H,3-6H2,1-2H3/b8-7+,10-9+. The molecule has 0 atom stereocenters. The molecule has 1 heteroatoms. The Labute approximate surface area is 75.2 Å². The van der Waals surface area contributed by atoms with Crippen LogP contribution in [0.25, 0.3) is 0 Å². The van der Waals surface area contributed by atoms with Crippen molar-refractivity contribution in [3.63, 3.8) is 0 Å². The zero-order valence-electron chi connectivity index (χ0n) is 8.05. The minimum Gasteiger partial charge on any atom is -0.295 e. The summed E-state index contributed by atoms with van der Waals surface area (Å²) in [6.07, 6.45) is 12.4. The van der Waals surface area contributed by atoms with E-state index >= 15 is 0 Å². The van der Waals surface area contributed by atoms with Crippen LogP contribution in [-0.4, -0.2) is 5.78 Å². The molecule has 0 aromatic rings. The van der Waals surface area contributed by atoms with Gasteiger partial charge in [0.05, 0.1) is 0 Å². The number of ketones is 1. The topological polar surface area (TPSA) is 17.1 Å². The van der Waals surface area contributed by atoms with Gasteiger partial charge in [0.25, 0.3) is 0 Å². The van der Waals surface area contributed by atoms with E-state index in [0.717, 1.165) is 6.42 Å². The van der Waals surface area contributed by atoms with Crippen molar-refractivity contribution in [3.05, 3.63) is 24.3 Å². The molecular weight excluding hydrogens is 148 g/mol. The van der Waals surface area contributed by atoms with Crippen molar-refractivity contribution in [2.45, 2.75) is 39.5 Å². The maximum atomic E-state index is 10.5. The van der Waals surface area contributed by atoms with Crippen LogP contribution in [-0.2, 0) is 4.79 Å². The Hall–Kier alpha value is -0.850. The van der Waals surface area contributed by atoms with E-state index in [1.807, 2.05) is 6.08 Å². The van der Waals surface area contributed by atoms with Gasteiger partial charge in [0.15, 0.2) is 5.78 Å². The van der Waals surface area contributed by atoms with Gasteiger partial charge in [-0.15, -0.1) is 0 Å². The minimum atomic E-state index is 0.105. The predicted molar refractivity (Wildman–Crippen MR) is 53.1 cm³/mol. The molecule has 0 saturated heterocycles. The molecule has 0 aliphatic carbocycles. The van der Waals surface area contributed by atoms with Crippen LogP contribution >= 0.6 is 0 Å². The van der Waals surface area contributed by atoms with E-state index in [2.05, 4.69) is 13.0 Å². The fraction of sp³-hybridized carbons (Fsp3) is 0.545. The summed E-state index contributed by atoms with van der Waals surface area (Å²) in [7, 11) is 0. The Kier molecular flexibility index (Phi) is 7.66. The molecule has 0 radical (unpaired) electrons. The number of hydrogen-bond acceptors (Lipinski definition) is 1. The second-order valence-corrected chi connectivity index (χ2v) is 2.89. The Balaban J connectivity index is 3.31. The van der Waals surface area contributed by atoms with E-state index in [4.69, 9.17) is 0 Å². The number of allylic oxidation sites excluding steroid dienone is 4. The molecule has 0 fully saturated rings. The summed E-state index contributed by atoms with van der Waals surface area (Å²) in [5, 5.41) is 0. The van der Waals surface area contributed by atoms with Crippen molar-refractivity contribution in [3.8, 4) is 0 Å². The van der Waals surface area contributed by atoms with E-state index in [9.17, 15) is 4.79 Å². The van der Waals surface area contributed by atoms with E-state index in [1.165, 1.54) is 19.3 Å². The first-order valence-corrected chi connectivity index (χ1v) is 4.61. The molecular formula is C11H18O. The summed E-state index contributed by atoms with van der Waals surface area (Å²) in [6, 6.07) is 0. The molecule has 0 unspecified atom stereocenters. The summed E-state index contributed by atoms with van der Waals surface area (Å²) >= 11 is 0. The van der Waals surface area contributed by atoms with E-state index in [0.29, 0.717) is 0 Å². The predicted octanol–water partition coefficient (Wildman–Crippen LogP) is 3.27. The fourth-order valence-electron chi connectivity index (χ4n) is 0.878. The number of rotatable bonds is 6. The molecule has 1 nitrogen and oxygen atoms in total. The lowest BCUT2D eigenvalue weighted by Gasteiger charge is -1.89. The molecule has 0 aromatic heterocycles. The van der Waals surface area contributed by atoms with Crippen LogP contribution < -0.4 is 0 Å². The molecule has 0 aliphatic heterocycles. The summed E-state index contributed by atoms with van der Waals surface area (Å²) in [5.74, 6) is 0.105. The fourth-order valence-corrected chi connectivity index (χ4v) is 0.878. The molecule has 0 heterocycles. The Bertz CT molecular complexity index is 166. The Morgan fingerprint density at radius 3 is 2.58 bits per heavy atom. The smallest absolute Gasteiger partial charge is 0.152 e. The van der Waals surface area contributed by atoms with Crippen LogP contribution in [0.2, 0.25) is 0 Å². The number of hydrogen-bond donors (Lipinski definition) is 0. The van der Waals surface area contributed by atoms with Crippen molar-refractivity contribution in [1.29, 1.82) is 0 Å². The summed E-state index contributed by atoms with van der Waals surface area (Å²) < 4.78 is 0. The van der Waals surface area contributed by atoms with Crippen LogP contribution in [0.4, 0.5) is 0 Å². The third-order valence-corrected chi connectivity index (χ3v) is 1.55. The molecule has 0 bridgehead atoms. The van der Waals surface area contributed by atoms with Crippen LogP contribution in [0.1, 0.15) is 39.5 Å². The van der Waals surface area contributed by atoms with Gasteiger partial charge in [-0.1, -0.05) is 38.0 Å². The third kappa shape index (κ3) is 9.15. The summed E-state index contributed by atoms with van der Waals surface area (Å²) in [4.78, 5) is 10.5. The van der Waals surface area contributed by atoms with Crippen molar-refractivity contribution in [2.75, 3.05) is 0 Å². The van der Waals surface area contributed by atoms with E-state index in [1.54, 1.807) is 19.1 Å². The van der Waals surface area contributed by atoms with Gasteiger partial charge in [0, 0.05) is 0 Å². The first-order chi connectivity index (χ1) is 5.77. The van der Waals surface area contributed by atoms with Crippen molar-refractivity contribution in [1.82, 2.24) is 0 Å². The van der Waals surface area contributed by atoms with Gasteiger partial charge in [0.2, 0.25) is 0 Å². The lowest BCUT2D eigenvalue weighted by molar-refractivity contribution is -0.112. The normalized spacial score (nSPS) is 11.5. The molecule has 12 heavy (non-hydrogen) atoms. The summed E-state index contributed by atoms with van der Waals surface area (Å²) in [6.45, 7) is 3.75. The van der Waals surface area contributed by atoms with Crippen molar-refractivity contribution < 1.29 is 4.79 Å². The van der Waals surface area contributed by atoms with Gasteiger partial charge in [0.1, 0.15) is 0 Å². The average molecular weight is 166 g/mol. The Morgan fingerprint density at radius 1 is 1.25 bits per heavy atom. The molecule has 0 N–H and O–H groups in total. The van der Waals surface area contributed by atoms with Gasteiger partial charge in [-0.05, 0) is 25.8 Å². The van der Waals surface area contributed by atoms with Crippen LogP contribution in [0.3, 0.4) is 0 Å². The monoisotopic (exact) mass is 166 g/mol. The van der Waals surface area contributed by atoms with Crippen molar-refractivity contribution in [2.24, 2.45) is 0 Å². The number of unbranched alkanes of at least 4 members (excludes halogenated alkanes) is 3. The van der Waals surface area contributed by atoms with Crippen LogP contribution in [0.15, 0.2) is 24.3 Å². The maximum absolute atomic E-state index is 10.5. The Morgan fingerprint density at radius 2 is 2.00 bits per heavy atom. The SMILES string of the molecule is CCCCC/C=C/C=C/C(C)=O. The van der Waals surface area contributed by atoms with Gasteiger partial charge in [-0.25, -0.2) is 0 Å². The van der Waals surface area contributed by atoms with Gasteiger partial charge in [-0.2, -0.15) is 0 Å². The second kappa shape index (κ2) is 8.25. The highest BCUT2D eigenvalue weighted by atomic mass is 16.1. The van der Waals surface area contributed by atoms with Gasteiger partial charge < -0.3 is 0 Å². The minimum absolute atomic E-state index is 0.105. The highest BCUT2D eigenvalue weighted by Gasteiger charge is 1.80. The quantitative estimate of drug-likeness (QED) is 0.336. The van der Waals surface area contributed by atoms with Gasteiger partial charge in [-0.3, -0.25) is 4.79 Å². The van der Waals surface area contributed by atoms with Crippen LogP contribution in [0, 0.1) is 0 Å². The molecule has 0 saturated carbocycles. The third-order valence-electron chi connectivity index (χ3n) is 1.55. The summed E-state index contributed by atoms with van der Waals surface area (Å²) in [5.41, 5.74) is 0. The van der Waals surface area contributed by atoms with E-state index in [-0.39, 0.29) is 5.78 Å². The zero-order valence-corrected chi connectivity index (χ0v) is 8.05. The maximum Gasteiger partial charge on any atom is 0.152 e. The molecule has 0 amide bonds. The molecule has 0 spiro atoms. The molecule has 0 rings (SSSR count). The molecule has 68 valence electrons. The highest BCUT2D eigenvalue weighted by Crippen LogP contribution is 1.99. The first-order valence-electron chi connectivity index (χ1n) is 4.61. The molecule has 0 aliphatic rings.